The van der Waals surface area contributed by atoms with Crippen molar-refractivity contribution < 1.29 is 19.1 Å². The Hall–Kier alpha value is -3.13. The third kappa shape index (κ3) is 5.27. The van der Waals surface area contributed by atoms with Gasteiger partial charge in [0.25, 0.3) is 0 Å². The van der Waals surface area contributed by atoms with E-state index < -0.39 is 11.9 Å². The summed E-state index contributed by atoms with van der Waals surface area (Å²) in [4.78, 5) is 23.3. The second-order valence-corrected chi connectivity index (χ2v) is 7.12. The number of carbonyl (C=O) groups is 2. The third-order valence-electron chi connectivity index (χ3n) is 3.89. The van der Waals surface area contributed by atoms with Gasteiger partial charge in [-0.15, -0.1) is 0 Å². The molecule has 9 heteroatoms. The van der Waals surface area contributed by atoms with E-state index in [0.717, 1.165) is 0 Å². The van der Waals surface area contributed by atoms with Gasteiger partial charge in [0.05, 0.1) is 21.3 Å². The molecule has 1 heterocycles. The Labute approximate surface area is 187 Å². The molecule has 0 aliphatic rings. The van der Waals surface area contributed by atoms with Gasteiger partial charge in [-0.1, -0.05) is 41.4 Å². The van der Waals surface area contributed by atoms with Gasteiger partial charge >= 0.3 is 5.97 Å². The van der Waals surface area contributed by atoms with Gasteiger partial charge in [0.1, 0.15) is 11.5 Å². The van der Waals surface area contributed by atoms with Crippen molar-refractivity contribution in [3.8, 4) is 11.3 Å². The number of hydrogen-bond donors (Lipinski definition) is 3. The fourth-order valence-electron chi connectivity index (χ4n) is 2.52. The van der Waals surface area contributed by atoms with E-state index in [1.54, 1.807) is 48.5 Å². The number of thiocarbonyl (C=S) groups is 1. The Balaban J connectivity index is 1.63. The lowest BCUT2D eigenvalue weighted by Gasteiger charge is -2.10. The molecule has 2 aromatic carbocycles. The topological polar surface area (TPSA) is 91.6 Å². The van der Waals surface area contributed by atoms with Crippen molar-refractivity contribution in [1.82, 2.24) is 5.32 Å². The van der Waals surface area contributed by atoms with E-state index in [9.17, 15) is 14.7 Å². The first-order chi connectivity index (χ1) is 14.3. The van der Waals surface area contributed by atoms with Crippen molar-refractivity contribution in [2.24, 2.45) is 0 Å². The summed E-state index contributed by atoms with van der Waals surface area (Å²) in [5, 5.41) is 15.1. The van der Waals surface area contributed by atoms with Crippen molar-refractivity contribution in [2.75, 3.05) is 5.32 Å². The number of benzene rings is 2. The van der Waals surface area contributed by atoms with Crippen molar-refractivity contribution in [1.29, 1.82) is 0 Å². The molecular formula is C21H14Cl2N2O4S. The molecular weight excluding hydrogens is 447 g/mol. The highest BCUT2D eigenvalue weighted by Gasteiger charge is 2.12. The van der Waals surface area contributed by atoms with Gasteiger partial charge in [0.15, 0.2) is 5.11 Å². The maximum atomic E-state index is 12.1. The molecule has 0 unspecified atom stereocenters. The molecule has 6 nitrogen and oxygen atoms in total. The van der Waals surface area contributed by atoms with Crippen LogP contribution in [0, 0.1) is 0 Å². The minimum absolute atomic E-state index is 0.0347. The van der Waals surface area contributed by atoms with Gasteiger partial charge in [-0.2, -0.15) is 0 Å². The van der Waals surface area contributed by atoms with Crippen LogP contribution in [0.5, 0.6) is 0 Å². The molecule has 0 bridgehead atoms. The molecule has 0 radical (unpaired) electrons. The van der Waals surface area contributed by atoms with Gasteiger partial charge in [0.2, 0.25) is 5.91 Å². The lowest BCUT2D eigenvalue weighted by Crippen LogP contribution is -2.33. The first kappa shape index (κ1) is 21.6. The van der Waals surface area contributed by atoms with Crippen LogP contribution in [-0.2, 0) is 4.79 Å². The predicted molar refractivity (Wildman–Crippen MR) is 121 cm³/mol. The third-order valence-corrected chi connectivity index (χ3v) is 4.91. The Bertz CT molecular complexity index is 1160. The summed E-state index contributed by atoms with van der Waals surface area (Å²) in [6, 6.07) is 14.8. The van der Waals surface area contributed by atoms with E-state index in [1.165, 1.54) is 18.2 Å². The summed E-state index contributed by atoms with van der Waals surface area (Å²) in [6.07, 6.45) is 2.70. The number of carboxylic acid groups (broad SMARTS) is 1. The van der Waals surface area contributed by atoms with Crippen LogP contribution >= 0.6 is 35.4 Å². The molecule has 0 aliphatic heterocycles. The van der Waals surface area contributed by atoms with Crippen LogP contribution in [0.2, 0.25) is 10.0 Å². The lowest BCUT2D eigenvalue weighted by atomic mass is 10.2. The minimum Gasteiger partial charge on any atom is -0.478 e. The zero-order valence-electron chi connectivity index (χ0n) is 15.2. The zero-order chi connectivity index (χ0) is 21.7. The molecule has 1 aromatic heterocycles. The van der Waals surface area contributed by atoms with Gasteiger partial charge in [0, 0.05) is 11.6 Å². The largest absolute Gasteiger partial charge is 0.478 e. The number of halogens is 2. The number of carboxylic acids is 1. The molecule has 0 saturated heterocycles. The summed E-state index contributed by atoms with van der Waals surface area (Å²) >= 11 is 17.3. The molecule has 0 spiro atoms. The van der Waals surface area contributed by atoms with Crippen molar-refractivity contribution in [3.05, 3.63) is 82.0 Å². The number of furan rings is 1. The van der Waals surface area contributed by atoms with E-state index in [4.69, 9.17) is 39.8 Å². The number of carbonyl (C=O) groups excluding carboxylic acids is 1. The van der Waals surface area contributed by atoms with Crippen LogP contribution in [0.25, 0.3) is 17.4 Å². The maximum absolute atomic E-state index is 12.1. The second-order valence-electron chi connectivity index (χ2n) is 5.93. The van der Waals surface area contributed by atoms with Gasteiger partial charge in [-0.05, 0) is 54.7 Å². The first-order valence-corrected chi connectivity index (χ1v) is 9.68. The minimum atomic E-state index is -1.11. The summed E-state index contributed by atoms with van der Waals surface area (Å²) in [5.41, 5.74) is 0.941. The summed E-state index contributed by atoms with van der Waals surface area (Å²) in [6.45, 7) is 0. The molecule has 1 amide bonds. The average molecular weight is 461 g/mol. The molecule has 0 aliphatic carbocycles. The van der Waals surface area contributed by atoms with E-state index in [0.29, 0.717) is 27.1 Å². The van der Waals surface area contributed by atoms with E-state index in [-0.39, 0.29) is 16.4 Å². The van der Waals surface area contributed by atoms with Gasteiger partial charge in [-0.25, -0.2) is 4.79 Å². The number of rotatable bonds is 5. The van der Waals surface area contributed by atoms with Crippen LogP contribution in [0.4, 0.5) is 5.69 Å². The molecule has 0 saturated carbocycles. The summed E-state index contributed by atoms with van der Waals surface area (Å²) in [7, 11) is 0. The van der Waals surface area contributed by atoms with Crippen molar-refractivity contribution in [2.45, 2.75) is 0 Å². The lowest BCUT2D eigenvalue weighted by molar-refractivity contribution is -0.115. The Morgan fingerprint density at radius 3 is 2.57 bits per heavy atom. The molecule has 3 rings (SSSR count). The Kier molecular flexibility index (Phi) is 6.89. The fourth-order valence-corrected chi connectivity index (χ4v) is 3.13. The average Bonchev–Trinajstić information content (AvgIpc) is 3.17. The van der Waals surface area contributed by atoms with Crippen molar-refractivity contribution >= 4 is 64.2 Å². The molecule has 152 valence electrons. The van der Waals surface area contributed by atoms with Gasteiger partial charge < -0.3 is 14.8 Å². The predicted octanol–water partition coefficient (Wildman–Crippen LogP) is 5.48. The zero-order valence-corrected chi connectivity index (χ0v) is 17.5. The number of amides is 1. The first-order valence-electron chi connectivity index (χ1n) is 8.51. The molecule has 3 aromatic rings. The number of anilines is 1. The van der Waals surface area contributed by atoms with Crippen LogP contribution in [0.15, 0.2) is 65.1 Å². The van der Waals surface area contributed by atoms with Crippen molar-refractivity contribution in [3.63, 3.8) is 0 Å². The molecule has 3 N–H and O–H groups in total. The van der Waals surface area contributed by atoms with Crippen LogP contribution in [-0.4, -0.2) is 22.1 Å². The highest BCUT2D eigenvalue weighted by atomic mass is 35.5. The SMILES string of the molecule is O=C(/C=C/c1ccc(-c2cccc(Cl)c2Cl)o1)NC(=S)Nc1ccccc1C(=O)O. The van der Waals surface area contributed by atoms with Crippen LogP contribution in [0.3, 0.4) is 0 Å². The van der Waals surface area contributed by atoms with Gasteiger partial charge in [-0.3, -0.25) is 10.1 Å². The maximum Gasteiger partial charge on any atom is 0.337 e. The highest BCUT2D eigenvalue weighted by Crippen LogP contribution is 2.34. The number of para-hydroxylation sites is 1. The Morgan fingerprint density at radius 1 is 1.03 bits per heavy atom. The molecule has 0 atom stereocenters. The monoisotopic (exact) mass is 460 g/mol. The molecule has 0 fully saturated rings. The number of hydrogen-bond acceptors (Lipinski definition) is 4. The quantitative estimate of drug-likeness (QED) is 0.345. The summed E-state index contributed by atoms with van der Waals surface area (Å²) in [5.74, 6) is -0.698. The number of aromatic carboxylic acids is 1. The normalized spacial score (nSPS) is 10.7. The Morgan fingerprint density at radius 2 is 1.80 bits per heavy atom. The van der Waals surface area contributed by atoms with E-state index in [1.807, 2.05) is 0 Å². The van der Waals surface area contributed by atoms with E-state index >= 15 is 0 Å². The summed E-state index contributed by atoms with van der Waals surface area (Å²) < 4.78 is 5.68. The van der Waals surface area contributed by atoms with E-state index in [2.05, 4.69) is 10.6 Å². The second kappa shape index (κ2) is 9.58. The van der Waals surface area contributed by atoms with Crippen LogP contribution < -0.4 is 10.6 Å². The number of nitrogens with one attached hydrogen (secondary N) is 2. The highest BCUT2D eigenvalue weighted by molar-refractivity contribution is 7.80. The molecule has 30 heavy (non-hydrogen) atoms. The standard InChI is InChI=1S/C21H14Cl2N2O4S/c22-15-6-3-5-14(19(15)23)17-10-8-12(29-17)9-11-18(26)25-21(30)24-16-7-2-1-4-13(16)20(27)28/h1-11H,(H,27,28)(H2,24,25,26,30)/b11-9+. The van der Waals surface area contributed by atoms with Crippen LogP contribution in [0.1, 0.15) is 16.1 Å². The smallest absolute Gasteiger partial charge is 0.337 e. The fraction of sp³-hybridized carbons (Fsp3) is 0.